The highest BCUT2D eigenvalue weighted by Gasteiger charge is 2.02. The third-order valence-electron chi connectivity index (χ3n) is 2.83. The lowest BCUT2D eigenvalue weighted by Gasteiger charge is -2.16. The maximum absolute atomic E-state index is 12.9. The molecule has 0 aromatic heterocycles. The van der Waals surface area contributed by atoms with Gasteiger partial charge in [-0.1, -0.05) is 6.92 Å². The maximum Gasteiger partial charge on any atom is 0.231 e. The molecule has 0 aliphatic rings. The van der Waals surface area contributed by atoms with Crippen molar-refractivity contribution in [1.82, 2.24) is 4.90 Å². The molecule has 22 heavy (non-hydrogen) atoms. The Balaban J connectivity index is 2.88. The molecule has 0 aliphatic heterocycles. The van der Waals surface area contributed by atoms with Crippen LogP contribution in [0.2, 0.25) is 0 Å². The molecule has 0 fully saturated rings. The van der Waals surface area contributed by atoms with E-state index in [2.05, 4.69) is 40.6 Å². The molecule has 0 aliphatic carbocycles. The topological polar surface area (TPSA) is 49.2 Å². The van der Waals surface area contributed by atoms with Crippen molar-refractivity contribution in [3.05, 3.63) is 42.5 Å². The molecule has 0 spiro atoms. The molecule has 0 saturated carbocycles. The van der Waals surface area contributed by atoms with Crippen LogP contribution in [-0.2, 0) is 4.74 Å². The number of aliphatic imine (C=N–C) groups is 2. The zero-order valence-electron chi connectivity index (χ0n) is 13.3. The monoisotopic (exact) mass is 306 g/mol. The van der Waals surface area contributed by atoms with Crippen molar-refractivity contribution in [3.63, 3.8) is 0 Å². The molecule has 0 radical (unpaired) electrons. The fraction of sp³-hybridized carbons (Fsp3) is 0.375. The molecule has 0 bridgehead atoms. The van der Waals surface area contributed by atoms with Crippen LogP contribution in [0.4, 0.5) is 10.1 Å². The van der Waals surface area contributed by atoms with Gasteiger partial charge in [0.2, 0.25) is 11.8 Å². The quantitative estimate of drug-likeness (QED) is 0.477. The minimum Gasteiger partial charge on any atom is -0.481 e. The van der Waals surface area contributed by atoms with E-state index in [9.17, 15) is 4.39 Å². The first kappa shape index (κ1) is 17.7. The molecular weight excluding hydrogens is 283 g/mol. The van der Waals surface area contributed by atoms with Crippen molar-refractivity contribution in [1.29, 1.82) is 0 Å². The largest absolute Gasteiger partial charge is 0.481 e. The highest BCUT2D eigenvalue weighted by atomic mass is 19.1. The Bertz CT molecular complexity index is 525. The normalized spacial score (nSPS) is 11.5. The van der Waals surface area contributed by atoms with E-state index < -0.39 is 0 Å². The smallest absolute Gasteiger partial charge is 0.231 e. The van der Waals surface area contributed by atoms with Crippen molar-refractivity contribution < 1.29 is 9.13 Å². The van der Waals surface area contributed by atoms with E-state index in [1.807, 2.05) is 0 Å². The summed E-state index contributed by atoms with van der Waals surface area (Å²) < 4.78 is 17.9. The summed E-state index contributed by atoms with van der Waals surface area (Å²) in [6.45, 7) is 9.58. The third-order valence-corrected chi connectivity index (χ3v) is 2.83. The number of rotatable bonds is 7. The van der Waals surface area contributed by atoms with Crippen LogP contribution in [-0.4, -0.2) is 37.4 Å². The lowest BCUT2D eigenvalue weighted by molar-refractivity contribution is 0.290. The number of hydrogen-bond donors (Lipinski definition) is 1. The Morgan fingerprint density at radius 1 is 1.36 bits per heavy atom. The van der Waals surface area contributed by atoms with Crippen molar-refractivity contribution >= 4 is 18.0 Å². The first-order valence-corrected chi connectivity index (χ1v) is 7.21. The first-order valence-electron chi connectivity index (χ1n) is 7.21. The molecular formula is C16H23FN4O. The zero-order chi connectivity index (χ0) is 16.4. The molecule has 6 heteroatoms. The van der Waals surface area contributed by atoms with E-state index in [0.717, 1.165) is 19.5 Å². The van der Waals surface area contributed by atoms with Gasteiger partial charge in [-0.05, 0) is 44.2 Å². The number of guanidine groups is 1. The predicted octanol–water partition coefficient (Wildman–Crippen LogP) is 3.47. The summed E-state index contributed by atoms with van der Waals surface area (Å²) in [5.74, 6) is 0.266. The SMILES string of the molecule is C=C(/N=C(\N=C\N(CC)CCC)Nc1ccc(F)cc1)OC. The number of methoxy groups -OCH3 is 1. The van der Waals surface area contributed by atoms with E-state index in [0.29, 0.717) is 11.6 Å². The van der Waals surface area contributed by atoms with Gasteiger partial charge in [-0.3, -0.25) is 0 Å². The second-order valence-corrected chi connectivity index (χ2v) is 4.54. The Hall–Kier alpha value is -2.37. The van der Waals surface area contributed by atoms with Gasteiger partial charge >= 0.3 is 0 Å². The fourth-order valence-corrected chi connectivity index (χ4v) is 1.64. The summed E-state index contributed by atoms with van der Waals surface area (Å²) in [4.78, 5) is 10.5. The molecule has 1 rings (SSSR count). The second-order valence-electron chi connectivity index (χ2n) is 4.54. The minimum absolute atomic E-state index is 0.236. The highest BCUT2D eigenvalue weighted by Crippen LogP contribution is 2.09. The molecule has 5 nitrogen and oxygen atoms in total. The summed E-state index contributed by atoms with van der Waals surface area (Å²) in [7, 11) is 1.49. The standard InChI is InChI=1S/C16H23FN4O/c1-5-11-21(6-2)12-18-16(19-13(3)22-4)20-15-9-7-14(17)8-10-15/h7-10,12H,3,5-6,11H2,1-2,4H3,(H,19,20)/b18-12+. The van der Waals surface area contributed by atoms with E-state index in [-0.39, 0.29) is 11.7 Å². The third kappa shape index (κ3) is 6.39. The summed E-state index contributed by atoms with van der Waals surface area (Å²) >= 11 is 0. The van der Waals surface area contributed by atoms with Crippen LogP contribution in [0.5, 0.6) is 0 Å². The predicted molar refractivity (Wildman–Crippen MR) is 89.6 cm³/mol. The number of nitrogens with one attached hydrogen (secondary N) is 1. The van der Waals surface area contributed by atoms with Crippen molar-refractivity contribution in [3.8, 4) is 0 Å². The Labute approximate surface area is 131 Å². The molecule has 0 unspecified atom stereocenters. The van der Waals surface area contributed by atoms with Gasteiger partial charge in [-0.25, -0.2) is 9.38 Å². The van der Waals surface area contributed by atoms with Crippen LogP contribution in [0.25, 0.3) is 0 Å². The molecule has 0 heterocycles. The van der Waals surface area contributed by atoms with Crippen LogP contribution in [0, 0.1) is 5.82 Å². The second kappa shape index (κ2) is 9.55. The minimum atomic E-state index is -0.297. The number of benzene rings is 1. The van der Waals surface area contributed by atoms with E-state index >= 15 is 0 Å². The van der Waals surface area contributed by atoms with Gasteiger partial charge in [0.05, 0.1) is 13.4 Å². The highest BCUT2D eigenvalue weighted by molar-refractivity contribution is 5.98. The zero-order valence-corrected chi connectivity index (χ0v) is 13.3. The average Bonchev–Trinajstić information content (AvgIpc) is 2.53. The van der Waals surface area contributed by atoms with Gasteiger partial charge in [-0.15, -0.1) is 0 Å². The lowest BCUT2D eigenvalue weighted by atomic mass is 10.3. The van der Waals surface area contributed by atoms with Crippen LogP contribution in [0.3, 0.4) is 0 Å². The van der Waals surface area contributed by atoms with Crippen LogP contribution >= 0.6 is 0 Å². The van der Waals surface area contributed by atoms with E-state index in [1.165, 1.54) is 19.2 Å². The summed E-state index contributed by atoms with van der Waals surface area (Å²) in [5.41, 5.74) is 0.680. The van der Waals surface area contributed by atoms with Crippen molar-refractivity contribution in [2.75, 3.05) is 25.5 Å². The van der Waals surface area contributed by atoms with Crippen LogP contribution in [0.15, 0.2) is 46.7 Å². The van der Waals surface area contributed by atoms with Gasteiger partial charge in [-0.2, -0.15) is 4.99 Å². The number of hydrogen-bond acceptors (Lipinski definition) is 2. The van der Waals surface area contributed by atoms with Gasteiger partial charge in [0, 0.05) is 18.8 Å². The lowest BCUT2D eigenvalue weighted by Crippen LogP contribution is -2.24. The molecule has 0 atom stereocenters. The molecule has 0 amide bonds. The molecule has 1 N–H and O–H groups in total. The number of halogens is 1. The summed E-state index contributed by atoms with van der Waals surface area (Å²) in [5, 5.41) is 3.01. The van der Waals surface area contributed by atoms with Crippen LogP contribution < -0.4 is 5.32 Å². The maximum atomic E-state index is 12.9. The number of nitrogens with zero attached hydrogens (tertiary/aromatic N) is 3. The van der Waals surface area contributed by atoms with E-state index in [4.69, 9.17) is 4.74 Å². The van der Waals surface area contributed by atoms with Gasteiger partial charge in [0.25, 0.3) is 0 Å². The molecule has 0 saturated heterocycles. The average molecular weight is 306 g/mol. The molecule has 1 aromatic rings. The van der Waals surface area contributed by atoms with Crippen molar-refractivity contribution in [2.45, 2.75) is 20.3 Å². The Morgan fingerprint density at radius 3 is 2.59 bits per heavy atom. The van der Waals surface area contributed by atoms with Gasteiger partial charge in [0.15, 0.2) is 0 Å². The Kier molecular flexibility index (Phi) is 7.67. The molecule has 1 aromatic carbocycles. The first-order chi connectivity index (χ1) is 10.6. The summed E-state index contributed by atoms with van der Waals surface area (Å²) in [6, 6.07) is 5.95. The number of ether oxygens (including phenoxy) is 1. The number of anilines is 1. The Morgan fingerprint density at radius 2 is 2.05 bits per heavy atom. The van der Waals surface area contributed by atoms with E-state index in [1.54, 1.807) is 18.5 Å². The molecule has 120 valence electrons. The fourth-order valence-electron chi connectivity index (χ4n) is 1.64. The van der Waals surface area contributed by atoms with Crippen molar-refractivity contribution in [2.24, 2.45) is 9.98 Å². The van der Waals surface area contributed by atoms with Gasteiger partial charge < -0.3 is 15.0 Å². The summed E-state index contributed by atoms with van der Waals surface area (Å²) in [6.07, 6.45) is 2.75. The van der Waals surface area contributed by atoms with Gasteiger partial charge in [0.1, 0.15) is 5.82 Å². The van der Waals surface area contributed by atoms with Crippen LogP contribution in [0.1, 0.15) is 20.3 Å².